The summed E-state index contributed by atoms with van der Waals surface area (Å²) in [5.74, 6) is 1.65. The van der Waals surface area contributed by atoms with Gasteiger partial charge in [-0.05, 0) is 24.3 Å². The lowest BCUT2D eigenvalue weighted by Crippen LogP contribution is -2.29. The van der Waals surface area contributed by atoms with Crippen LogP contribution in [0.4, 0.5) is 0 Å². The first-order valence-corrected chi connectivity index (χ1v) is 8.42. The number of ether oxygens (including phenoxy) is 5. The molecule has 0 amide bonds. The molecule has 5 heteroatoms. The molecule has 1 atom stereocenters. The number of benzene rings is 2. The van der Waals surface area contributed by atoms with Gasteiger partial charge in [-0.25, -0.2) is 0 Å². The van der Waals surface area contributed by atoms with Crippen LogP contribution in [-0.2, 0) is 14.2 Å². The summed E-state index contributed by atoms with van der Waals surface area (Å²) in [6, 6.07) is 19.3. The first kappa shape index (κ1) is 19.2. The van der Waals surface area contributed by atoms with E-state index in [9.17, 15) is 0 Å². The molecule has 0 fully saturated rings. The Morgan fingerprint density at radius 2 is 1.32 bits per heavy atom. The van der Waals surface area contributed by atoms with Crippen molar-refractivity contribution in [2.24, 2.45) is 0 Å². The van der Waals surface area contributed by atoms with E-state index in [0.29, 0.717) is 39.6 Å². The number of rotatable bonds is 13. The Bertz CT molecular complexity index is 547. The standard InChI is InChI=1S/C20H26O5/c1-21-12-14-24-20(17-25-19-10-6-3-7-11-19)16-22-13-15-23-18-8-4-2-5-9-18/h2-11,20H,12-17H2,1H3. The molecule has 0 aromatic heterocycles. The topological polar surface area (TPSA) is 46.2 Å². The molecular weight excluding hydrogens is 320 g/mol. The molecule has 25 heavy (non-hydrogen) atoms. The summed E-state index contributed by atoms with van der Waals surface area (Å²) in [5, 5.41) is 0. The van der Waals surface area contributed by atoms with Crippen LogP contribution in [0.15, 0.2) is 60.7 Å². The SMILES string of the molecule is COCCOC(COCCOc1ccccc1)COc1ccccc1. The predicted molar refractivity (Wildman–Crippen MR) is 96.3 cm³/mol. The summed E-state index contributed by atoms with van der Waals surface area (Å²) in [6.45, 7) is 2.89. The minimum absolute atomic E-state index is 0.160. The van der Waals surface area contributed by atoms with Gasteiger partial charge < -0.3 is 23.7 Å². The van der Waals surface area contributed by atoms with Crippen molar-refractivity contribution < 1.29 is 23.7 Å². The van der Waals surface area contributed by atoms with Gasteiger partial charge in [0, 0.05) is 7.11 Å². The molecular formula is C20H26O5. The quantitative estimate of drug-likeness (QED) is 0.521. The lowest BCUT2D eigenvalue weighted by Gasteiger charge is -2.19. The van der Waals surface area contributed by atoms with Crippen LogP contribution in [0.3, 0.4) is 0 Å². The van der Waals surface area contributed by atoms with E-state index in [1.165, 1.54) is 0 Å². The molecule has 0 heterocycles. The maximum Gasteiger partial charge on any atom is 0.119 e. The first-order valence-electron chi connectivity index (χ1n) is 8.42. The fourth-order valence-corrected chi connectivity index (χ4v) is 2.10. The third kappa shape index (κ3) is 8.54. The summed E-state index contributed by atoms with van der Waals surface area (Å²) in [7, 11) is 1.65. The van der Waals surface area contributed by atoms with Crippen molar-refractivity contribution in [1.82, 2.24) is 0 Å². The average Bonchev–Trinajstić information content (AvgIpc) is 2.67. The predicted octanol–water partition coefficient (Wildman–Crippen LogP) is 3.19. The zero-order chi connectivity index (χ0) is 17.6. The molecule has 1 unspecified atom stereocenters. The molecule has 0 saturated carbocycles. The Kier molecular flexibility index (Phi) is 9.47. The summed E-state index contributed by atoms with van der Waals surface area (Å²) < 4.78 is 27.8. The highest BCUT2D eigenvalue weighted by atomic mass is 16.6. The number of para-hydroxylation sites is 2. The van der Waals surface area contributed by atoms with E-state index >= 15 is 0 Å². The largest absolute Gasteiger partial charge is 0.491 e. The van der Waals surface area contributed by atoms with Crippen molar-refractivity contribution in [3.8, 4) is 11.5 Å². The molecule has 0 saturated heterocycles. The van der Waals surface area contributed by atoms with E-state index in [1.807, 2.05) is 60.7 Å². The van der Waals surface area contributed by atoms with E-state index in [2.05, 4.69) is 0 Å². The van der Waals surface area contributed by atoms with E-state index in [0.717, 1.165) is 11.5 Å². The number of hydrogen-bond donors (Lipinski definition) is 0. The maximum absolute atomic E-state index is 5.75. The maximum atomic E-state index is 5.75. The van der Waals surface area contributed by atoms with Gasteiger partial charge in [0.05, 0.1) is 26.4 Å². The monoisotopic (exact) mass is 346 g/mol. The van der Waals surface area contributed by atoms with Crippen LogP contribution in [0.25, 0.3) is 0 Å². The van der Waals surface area contributed by atoms with Crippen molar-refractivity contribution in [2.45, 2.75) is 6.10 Å². The molecule has 2 aromatic carbocycles. The lowest BCUT2D eigenvalue weighted by atomic mass is 10.3. The summed E-state index contributed by atoms with van der Waals surface area (Å²) in [5.41, 5.74) is 0. The van der Waals surface area contributed by atoms with Crippen LogP contribution in [0, 0.1) is 0 Å². The van der Waals surface area contributed by atoms with E-state index in [-0.39, 0.29) is 6.10 Å². The molecule has 0 N–H and O–H groups in total. The minimum Gasteiger partial charge on any atom is -0.491 e. The third-order valence-electron chi connectivity index (χ3n) is 3.36. The van der Waals surface area contributed by atoms with Crippen molar-refractivity contribution in [2.75, 3.05) is 46.8 Å². The van der Waals surface area contributed by atoms with Gasteiger partial charge in [-0.2, -0.15) is 0 Å². The van der Waals surface area contributed by atoms with Crippen molar-refractivity contribution in [3.05, 3.63) is 60.7 Å². The van der Waals surface area contributed by atoms with Crippen LogP contribution < -0.4 is 9.47 Å². The highest BCUT2D eigenvalue weighted by Crippen LogP contribution is 2.10. The van der Waals surface area contributed by atoms with E-state index in [4.69, 9.17) is 23.7 Å². The van der Waals surface area contributed by atoms with Crippen LogP contribution in [0.1, 0.15) is 0 Å². The first-order chi connectivity index (χ1) is 12.4. The summed E-state index contributed by atoms with van der Waals surface area (Å²) >= 11 is 0. The Labute approximate surface area is 149 Å². The Morgan fingerprint density at radius 3 is 1.96 bits per heavy atom. The second-order valence-electron chi connectivity index (χ2n) is 5.35. The second kappa shape index (κ2) is 12.3. The highest BCUT2D eigenvalue weighted by molar-refractivity contribution is 5.21. The summed E-state index contributed by atoms with van der Waals surface area (Å²) in [6.07, 6.45) is -0.160. The molecule has 0 aliphatic rings. The normalized spacial score (nSPS) is 11.9. The molecule has 0 spiro atoms. The lowest BCUT2D eigenvalue weighted by molar-refractivity contribution is -0.0534. The molecule has 2 aromatic rings. The molecule has 2 rings (SSSR count). The van der Waals surface area contributed by atoms with Gasteiger partial charge in [0.2, 0.25) is 0 Å². The van der Waals surface area contributed by atoms with Gasteiger partial charge in [-0.1, -0.05) is 36.4 Å². The fourth-order valence-electron chi connectivity index (χ4n) is 2.10. The molecule has 5 nitrogen and oxygen atoms in total. The average molecular weight is 346 g/mol. The molecule has 0 radical (unpaired) electrons. The Hall–Kier alpha value is -2.08. The van der Waals surface area contributed by atoms with E-state index < -0.39 is 0 Å². The van der Waals surface area contributed by atoms with Gasteiger partial charge >= 0.3 is 0 Å². The molecule has 136 valence electrons. The fraction of sp³-hybridized carbons (Fsp3) is 0.400. The Balaban J connectivity index is 1.66. The smallest absolute Gasteiger partial charge is 0.119 e. The van der Waals surface area contributed by atoms with Gasteiger partial charge in [-0.3, -0.25) is 0 Å². The Morgan fingerprint density at radius 1 is 0.680 bits per heavy atom. The van der Waals surface area contributed by atoms with E-state index in [1.54, 1.807) is 7.11 Å². The molecule has 0 aliphatic carbocycles. The second-order valence-corrected chi connectivity index (χ2v) is 5.35. The van der Waals surface area contributed by atoms with Gasteiger partial charge in [0.1, 0.15) is 30.8 Å². The molecule has 0 aliphatic heterocycles. The van der Waals surface area contributed by atoms with Crippen LogP contribution >= 0.6 is 0 Å². The van der Waals surface area contributed by atoms with Gasteiger partial charge in [0.25, 0.3) is 0 Å². The van der Waals surface area contributed by atoms with Crippen molar-refractivity contribution >= 4 is 0 Å². The van der Waals surface area contributed by atoms with Crippen LogP contribution in [0.2, 0.25) is 0 Å². The number of hydrogen-bond acceptors (Lipinski definition) is 5. The molecule has 0 bridgehead atoms. The van der Waals surface area contributed by atoms with Gasteiger partial charge in [0.15, 0.2) is 0 Å². The minimum atomic E-state index is -0.160. The highest BCUT2D eigenvalue weighted by Gasteiger charge is 2.11. The zero-order valence-electron chi connectivity index (χ0n) is 14.6. The number of methoxy groups -OCH3 is 1. The van der Waals surface area contributed by atoms with Crippen molar-refractivity contribution in [3.63, 3.8) is 0 Å². The van der Waals surface area contributed by atoms with Gasteiger partial charge in [-0.15, -0.1) is 0 Å². The van der Waals surface area contributed by atoms with Crippen LogP contribution in [0.5, 0.6) is 11.5 Å². The van der Waals surface area contributed by atoms with Crippen LogP contribution in [-0.4, -0.2) is 52.9 Å². The van der Waals surface area contributed by atoms with Crippen molar-refractivity contribution in [1.29, 1.82) is 0 Å². The zero-order valence-corrected chi connectivity index (χ0v) is 14.6. The summed E-state index contributed by atoms with van der Waals surface area (Å²) in [4.78, 5) is 0. The third-order valence-corrected chi connectivity index (χ3v) is 3.36.